The number of aryl methyl sites for hydroxylation is 3. The highest BCUT2D eigenvalue weighted by Gasteiger charge is 2.27. The highest BCUT2D eigenvalue weighted by molar-refractivity contribution is 7.17. The normalized spacial score (nSPS) is 16.3. The summed E-state index contributed by atoms with van der Waals surface area (Å²) in [7, 11) is 0. The van der Waals surface area contributed by atoms with Crippen molar-refractivity contribution in [3.8, 4) is 0 Å². The third-order valence-corrected chi connectivity index (χ3v) is 8.90. The summed E-state index contributed by atoms with van der Waals surface area (Å²) in [6.07, 6.45) is 6.86. The van der Waals surface area contributed by atoms with E-state index in [4.69, 9.17) is 0 Å². The van der Waals surface area contributed by atoms with E-state index in [0.29, 0.717) is 16.1 Å². The predicted molar refractivity (Wildman–Crippen MR) is 157 cm³/mol. The summed E-state index contributed by atoms with van der Waals surface area (Å²) < 4.78 is 0. The lowest BCUT2D eigenvalue weighted by Gasteiger charge is -2.29. The monoisotopic (exact) mass is 544 g/mol. The number of carbonyl (C=O) groups excluding carboxylic acids is 2. The van der Waals surface area contributed by atoms with Gasteiger partial charge >= 0.3 is 0 Å². The van der Waals surface area contributed by atoms with Gasteiger partial charge in [-0.25, -0.2) is 5.43 Å². The smallest absolute Gasteiger partial charge is 0.274 e. The highest BCUT2D eigenvalue weighted by atomic mass is 32.1. The number of hydrogen-bond acceptors (Lipinski definition) is 6. The molecule has 204 valence electrons. The van der Waals surface area contributed by atoms with Gasteiger partial charge in [0.2, 0.25) is 0 Å². The number of hydrogen-bond donors (Lipinski definition) is 3. The summed E-state index contributed by atoms with van der Waals surface area (Å²) in [6, 6.07) is 13.7. The fourth-order valence-corrected chi connectivity index (χ4v) is 6.56. The van der Waals surface area contributed by atoms with E-state index < -0.39 is 0 Å². The van der Waals surface area contributed by atoms with Crippen molar-refractivity contribution in [3.63, 3.8) is 0 Å². The second-order valence-corrected chi connectivity index (χ2v) is 11.7. The van der Waals surface area contributed by atoms with Gasteiger partial charge in [0.25, 0.3) is 11.8 Å². The van der Waals surface area contributed by atoms with Gasteiger partial charge in [0.15, 0.2) is 0 Å². The fraction of sp³-hybridized carbons (Fsp3) is 0.387. The minimum Gasteiger partial charge on any atom is -0.393 e. The molecule has 0 radical (unpaired) electrons. The Morgan fingerprint density at radius 1 is 1.05 bits per heavy atom. The maximum Gasteiger partial charge on any atom is 0.274 e. The number of likely N-dealkylation sites (tertiary alicyclic amines) is 1. The number of amides is 2. The van der Waals surface area contributed by atoms with Gasteiger partial charge in [0.05, 0.1) is 17.9 Å². The van der Waals surface area contributed by atoms with Crippen molar-refractivity contribution in [2.45, 2.75) is 65.0 Å². The Hall–Kier alpha value is -3.33. The van der Waals surface area contributed by atoms with Gasteiger partial charge in [-0.2, -0.15) is 5.10 Å². The molecule has 7 nitrogen and oxygen atoms in total. The molecule has 3 N–H and O–H groups in total. The Labute approximate surface area is 233 Å². The molecule has 0 atom stereocenters. The van der Waals surface area contributed by atoms with E-state index in [-0.39, 0.29) is 17.9 Å². The Morgan fingerprint density at radius 3 is 2.64 bits per heavy atom. The lowest BCUT2D eigenvalue weighted by Crippen LogP contribution is -2.35. The van der Waals surface area contributed by atoms with Gasteiger partial charge in [-0.05, 0) is 92.3 Å². The van der Waals surface area contributed by atoms with E-state index in [0.717, 1.165) is 74.8 Å². The molecule has 1 saturated heterocycles. The average Bonchev–Trinajstić information content (AvgIpc) is 3.30. The van der Waals surface area contributed by atoms with Crippen molar-refractivity contribution in [3.05, 3.63) is 86.3 Å². The molecule has 5 rings (SSSR count). The van der Waals surface area contributed by atoms with E-state index in [2.05, 4.69) is 27.7 Å². The van der Waals surface area contributed by atoms with Gasteiger partial charge in [-0.15, -0.1) is 11.3 Å². The molecule has 1 aliphatic carbocycles. The zero-order valence-electron chi connectivity index (χ0n) is 22.6. The molecule has 2 aliphatic rings. The van der Waals surface area contributed by atoms with Crippen molar-refractivity contribution in [1.29, 1.82) is 0 Å². The molecule has 2 aromatic carbocycles. The molecule has 0 unspecified atom stereocenters. The summed E-state index contributed by atoms with van der Waals surface area (Å²) >= 11 is 1.50. The number of thiophene rings is 1. The third-order valence-electron chi connectivity index (χ3n) is 7.69. The quantitative estimate of drug-likeness (QED) is 0.281. The van der Waals surface area contributed by atoms with Gasteiger partial charge in [0, 0.05) is 30.1 Å². The predicted octanol–water partition coefficient (Wildman–Crippen LogP) is 5.22. The molecule has 8 heteroatoms. The van der Waals surface area contributed by atoms with Gasteiger partial charge < -0.3 is 10.4 Å². The minimum absolute atomic E-state index is 0.209. The largest absolute Gasteiger partial charge is 0.393 e. The molecule has 2 amide bonds. The van der Waals surface area contributed by atoms with E-state index in [9.17, 15) is 14.7 Å². The Morgan fingerprint density at radius 2 is 1.85 bits per heavy atom. The van der Waals surface area contributed by atoms with Crippen molar-refractivity contribution >= 4 is 34.4 Å². The van der Waals surface area contributed by atoms with E-state index in [1.807, 2.05) is 43.3 Å². The fourth-order valence-electron chi connectivity index (χ4n) is 5.28. The number of anilines is 1. The van der Waals surface area contributed by atoms with Crippen LogP contribution in [0.4, 0.5) is 5.00 Å². The zero-order chi connectivity index (χ0) is 27.4. The van der Waals surface area contributed by atoms with Crippen LogP contribution in [-0.2, 0) is 19.4 Å². The topological polar surface area (TPSA) is 94.0 Å². The third kappa shape index (κ3) is 6.64. The van der Waals surface area contributed by atoms with Gasteiger partial charge in [0.1, 0.15) is 5.00 Å². The summed E-state index contributed by atoms with van der Waals surface area (Å²) in [5, 5.41) is 17.6. The van der Waals surface area contributed by atoms with Gasteiger partial charge in [-0.1, -0.05) is 30.3 Å². The summed E-state index contributed by atoms with van der Waals surface area (Å²) in [5.41, 5.74) is 9.17. The number of aliphatic hydroxyl groups excluding tert-OH is 1. The number of benzene rings is 2. The van der Waals surface area contributed by atoms with Crippen LogP contribution in [0.1, 0.15) is 79.1 Å². The second-order valence-electron chi connectivity index (χ2n) is 10.6. The van der Waals surface area contributed by atoms with E-state index >= 15 is 0 Å². The Balaban J connectivity index is 1.31. The van der Waals surface area contributed by atoms with Crippen molar-refractivity contribution in [2.75, 3.05) is 18.4 Å². The number of aliphatic hydroxyl groups is 1. The van der Waals surface area contributed by atoms with Crippen LogP contribution in [0, 0.1) is 13.8 Å². The number of rotatable bonds is 7. The zero-order valence-corrected chi connectivity index (χ0v) is 23.4. The molecule has 1 fully saturated rings. The number of hydrazone groups is 1. The number of fused-ring (bicyclic) bond motifs is 1. The van der Waals surface area contributed by atoms with E-state index in [1.54, 1.807) is 12.3 Å². The van der Waals surface area contributed by atoms with Crippen LogP contribution in [0.15, 0.2) is 47.6 Å². The molecule has 0 bridgehead atoms. The van der Waals surface area contributed by atoms with E-state index in [1.165, 1.54) is 27.3 Å². The number of piperidine rings is 1. The molecule has 1 aliphatic heterocycles. The number of nitrogens with one attached hydrogen (secondary N) is 2. The minimum atomic E-state index is -0.300. The molecule has 3 aromatic rings. The first-order chi connectivity index (χ1) is 18.9. The van der Waals surface area contributed by atoms with Crippen LogP contribution in [0.2, 0.25) is 0 Å². The van der Waals surface area contributed by atoms with Crippen molar-refractivity contribution in [2.24, 2.45) is 5.10 Å². The lowest BCUT2D eigenvalue weighted by atomic mass is 9.95. The molecular formula is C31H36N4O3S. The number of nitrogens with zero attached hydrogens (tertiary/aromatic N) is 2. The van der Waals surface area contributed by atoms with Crippen LogP contribution >= 0.6 is 11.3 Å². The van der Waals surface area contributed by atoms with Crippen LogP contribution < -0.4 is 10.7 Å². The summed E-state index contributed by atoms with van der Waals surface area (Å²) in [4.78, 5) is 30.1. The van der Waals surface area contributed by atoms with Crippen molar-refractivity contribution in [1.82, 2.24) is 10.3 Å². The van der Waals surface area contributed by atoms with Crippen LogP contribution in [0.25, 0.3) is 0 Å². The standard InChI is InChI=1S/C31H36N4O3S/c1-20-10-11-22(16-21(20)2)18-32-34-30(38)28-26-8-3-4-9-27(26)39-31(28)33-29(37)24-7-5-6-23(17-24)19-35-14-12-25(36)13-15-35/h5-7,10-11,16-18,25,36H,3-4,8-9,12-15,19H2,1-2H3,(H,33,37)(H,34,38). The molecule has 39 heavy (non-hydrogen) atoms. The van der Waals surface area contributed by atoms with Crippen LogP contribution in [-0.4, -0.2) is 47.2 Å². The first-order valence-electron chi connectivity index (χ1n) is 13.7. The maximum atomic E-state index is 13.3. The first-order valence-corrected chi connectivity index (χ1v) is 14.5. The summed E-state index contributed by atoms with van der Waals surface area (Å²) in [6.45, 7) is 6.55. The maximum absolute atomic E-state index is 13.3. The first kappa shape index (κ1) is 27.2. The second kappa shape index (κ2) is 12.2. The molecule has 0 saturated carbocycles. The molecule has 1 aromatic heterocycles. The molecule has 2 heterocycles. The molecule has 0 spiro atoms. The van der Waals surface area contributed by atoms with Crippen LogP contribution in [0.5, 0.6) is 0 Å². The Bertz CT molecular complexity index is 1390. The SMILES string of the molecule is Cc1ccc(C=NNC(=O)c2c(NC(=O)c3cccc(CN4CCC(O)CC4)c3)sc3c2CCCC3)cc1C. The lowest BCUT2D eigenvalue weighted by molar-refractivity contribution is 0.0792. The average molecular weight is 545 g/mol. The van der Waals surface area contributed by atoms with Crippen LogP contribution in [0.3, 0.4) is 0 Å². The van der Waals surface area contributed by atoms with Gasteiger partial charge in [-0.3, -0.25) is 14.5 Å². The Kier molecular flexibility index (Phi) is 8.55. The summed E-state index contributed by atoms with van der Waals surface area (Å²) in [5.74, 6) is -0.525. The molecular weight excluding hydrogens is 508 g/mol. The highest BCUT2D eigenvalue weighted by Crippen LogP contribution is 2.38. The number of carbonyl (C=O) groups is 2. The van der Waals surface area contributed by atoms with Crippen molar-refractivity contribution < 1.29 is 14.7 Å².